The molecule has 1 unspecified atom stereocenters. The molecule has 1 fully saturated rings. The second-order valence-corrected chi connectivity index (χ2v) is 6.73. The third-order valence-corrected chi connectivity index (χ3v) is 5.03. The minimum atomic E-state index is 0.401. The Morgan fingerprint density at radius 2 is 2.17 bits per heavy atom. The number of hydrogen-bond donors (Lipinski definition) is 0. The quantitative estimate of drug-likeness (QED) is 0.863. The van der Waals surface area contributed by atoms with Gasteiger partial charge in [0.25, 0.3) is 0 Å². The van der Waals surface area contributed by atoms with Crippen molar-refractivity contribution in [3.05, 3.63) is 42.1 Å². The summed E-state index contributed by atoms with van der Waals surface area (Å²) in [5, 5.41) is 8.83. The van der Waals surface area contributed by atoms with Crippen LogP contribution < -0.4 is 4.74 Å². The molecule has 2 aliphatic rings. The highest BCUT2D eigenvalue weighted by Gasteiger charge is 2.30. The Bertz CT molecular complexity index is 729. The number of pyridine rings is 1. The van der Waals surface area contributed by atoms with Crippen LogP contribution in [0.3, 0.4) is 0 Å². The zero-order valence-corrected chi connectivity index (χ0v) is 13.6. The summed E-state index contributed by atoms with van der Waals surface area (Å²) < 4.78 is 8.14. The van der Waals surface area contributed by atoms with Crippen molar-refractivity contribution in [1.82, 2.24) is 19.4 Å². The normalized spacial score (nSPS) is 21.4. The Kier molecular flexibility index (Phi) is 4.18. The number of aromatic nitrogens is 3. The molecule has 24 heavy (non-hydrogen) atoms. The highest BCUT2D eigenvalue weighted by Crippen LogP contribution is 2.29. The van der Waals surface area contributed by atoms with E-state index in [1.54, 1.807) is 18.3 Å². The van der Waals surface area contributed by atoms with Gasteiger partial charge in [-0.2, -0.15) is 5.26 Å². The SMILES string of the molecule is N#Cc1ccc(OCC2CN(C3CCC3)Cc3cncn3C2)nc1. The highest BCUT2D eigenvalue weighted by atomic mass is 16.5. The Morgan fingerprint density at radius 3 is 2.88 bits per heavy atom. The summed E-state index contributed by atoms with van der Waals surface area (Å²) in [7, 11) is 0. The minimum absolute atomic E-state index is 0.401. The smallest absolute Gasteiger partial charge is 0.213 e. The van der Waals surface area contributed by atoms with Crippen LogP contribution in [0.4, 0.5) is 0 Å². The lowest BCUT2D eigenvalue weighted by atomic mass is 9.90. The Balaban J connectivity index is 1.44. The number of nitriles is 1. The number of rotatable bonds is 4. The third kappa shape index (κ3) is 3.13. The van der Waals surface area contributed by atoms with Crippen LogP contribution in [0.5, 0.6) is 5.88 Å². The van der Waals surface area contributed by atoms with E-state index in [-0.39, 0.29) is 0 Å². The van der Waals surface area contributed by atoms with Gasteiger partial charge in [0.15, 0.2) is 0 Å². The molecule has 0 radical (unpaired) electrons. The molecule has 2 aromatic heterocycles. The number of hydrogen-bond acceptors (Lipinski definition) is 5. The van der Waals surface area contributed by atoms with Crippen molar-refractivity contribution in [2.75, 3.05) is 13.2 Å². The summed E-state index contributed by atoms with van der Waals surface area (Å²) in [6.07, 6.45) is 9.41. The largest absolute Gasteiger partial charge is 0.477 e. The molecule has 6 nitrogen and oxygen atoms in total. The summed E-state index contributed by atoms with van der Waals surface area (Å²) in [5.41, 5.74) is 1.84. The highest BCUT2D eigenvalue weighted by molar-refractivity contribution is 5.28. The Hall–Kier alpha value is -2.39. The van der Waals surface area contributed by atoms with Crippen LogP contribution >= 0.6 is 0 Å². The maximum Gasteiger partial charge on any atom is 0.213 e. The van der Waals surface area contributed by atoms with Crippen LogP contribution in [-0.4, -0.2) is 38.6 Å². The van der Waals surface area contributed by atoms with Crippen molar-refractivity contribution in [2.45, 2.75) is 38.4 Å². The number of nitrogens with zero attached hydrogens (tertiary/aromatic N) is 5. The van der Waals surface area contributed by atoms with Gasteiger partial charge < -0.3 is 9.30 Å². The maximum absolute atomic E-state index is 8.83. The lowest BCUT2D eigenvalue weighted by Gasteiger charge is -2.37. The van der Waals surface area contributed by atoms with Gasteiger partial charge >= 0.3 is 0 Å². The van der Waals surface area contributed by atoms with E-state index in [1.807, 2.05) is 12.5 Å². The molecule has 2 aromatic rings. The van der Waals surface area contributed by atoms with Crippen molar-refractivity contribution < 1.29 is 4.74 Å². The van der Waals surface area contributed by atoms with Crippen molar-refractivity contribution in [3.63, 3.8) is 0 Å². The molecule has 6 heteroatoms. The zero-order valence-electron chi connectivity index (χ0n) is 13.6. The summed E-state index contributed by atoms with van der Waals surface area (Å²) in [6.45, 7) is 3.58. The molecule has 1 aliphatic heterocycles. The summed E-state index contributed by atoms with van der Waals surface area (Å²) >= 11 is 0. The van der Waals surface area contributed by atoms with Crippen LogP contribution in [0.2, 0.25) is 0 Å². The van der Waals surface area contributed by atoms with Crippen molar-refractivity contribution in [1.29, 1.82) is 5.26 Å². The first-order valence-electron chi connectivity index (χ1n) is 8.54. The predicted octanol–water partition coefficient (Wildman–Crippen LogP) is 2.21. The Morgan fingerprint density at radius 1 is 1.25 bits per heavy atom. The molecule has 124 valence electrons. The number of imidazole rings is 1. The van der Waals surface area contributed by atoms with Gasteiger partial charge in [0.1, 0.15) is 6.07 Å². The lowest BCUT2D eigenvalue weighted by molar-refractivity contribution is 0.0889. The van der Waals surface area contributed by atoms with Crippen molar-refractivity contribution >= 4 is 0 Å². The molecule has 0 bridgehead atoms. The predicted molar refractivity (Wildman–Crippen MR) is 88.2 cm³/mol. The molecule has 1 atom stereocenters. The third-order valence-electron chi connectivity index (χ3n) is 5.03. The molecule has 1 aliphatic carbocycles. The van der Waals surface area contributed by atoms with E-state index < -0.39 is 0 Å². The topological polar surface area (TPSA) is 67.0 Å². The summed E-state index contributed by atoms with van der Waals surface area (Å²) in [4.78, 5) is 11.1. The number of ether oxygens (including phenoxy) is 1. The van der Waals surface area contributed by atoms with Gasteiger partial charge in [-0.25, -0.2) is 9.97 Å². The molecule has 1 saturated carbocycles. The Labute approximate surface area is 141 Å². The van der Waals surface area contributed by atoms with Crippen molar-refractivity contribution in [2.24, 2.45) is 5.92 Å². The van der Waals surface area contributed by atoms with Gasteiger partial charge in [0.2, 0.25) is 5.88 Å². The van der Waals surface area contributed by atoms with E-state index in [0.717, 1.165) is 19.6 Å². The molecule has 0 spiro atoms. The van der Waals surface area contributed by atoms with E-state index >= 15 is 0 Å². The first-order chi connectivity index (χ1) is 11.8. The standard InChI is InChI=1S/C18H21N5O/c19-6-14-4-5-18(21-7-14)24-12-15-9-22(16-2-1-3-16)11-17-8-20-13-23(17)10-15/h4-5,7-8,13,15-16H,1-3,9-12H2. The molecule has 0 amide bonds. The van der Waals surface area contributed by atoms with Crippen molar-refractivity contribution in [3.8, 4) is 11.9 Å². The minimum Gasteiger partial charge on any atom is -0.477 e. The van der Waals surface area contributed by atoms with Gasteiger partial charge in [-0.15, -0.1) is 0 Å². The molecule has 0 aromatic carbocycles. The van der Waals surface area contributed by atoms with Gasteiger partial charge in [-0.05, 0) is 18.9 Å². The zero-order chi connectivity index (χ0) is 16.4. The molecule has 0 saturated heterocycles. The van der Waals surface area contributed by atoms with Gasteiger partial charge in [0.05, 0.1) is 24.2 Å². The van der Waals surface area contributed by atoms with Crippen LogP contribution in [0.1, 0.15) is 30.5 Å². The second kappa shape index (κ2) is 6.62. The summed E-state index contributed by atoms with van der Waals surface area (Å²) in [6, 6.07) is 6.29. The molecular weight excluding hydrogens is 302 g/mol. The van der Waals surface area contributed by atoms with Crippen LogP contribution in [0, 0.1) is 17.2 Å². The van der Waals surface area contributed by atoms with E-state index in [0.29, 0.717) is 30.0 Å². The molecule has 4 rings (SSSR count). The first kappa shape index (κ1) is 15.2. The second-order valence-electron chi connectivity index (χ2n) is 6.73. The average molecular weight is 323 g/mol. The molecule has 0 N–H and O–H groups in total. The average Bonchev–Trinajstić information content (AvgIpc) is 2.91. The van der Waals surface area contributed by atoms with E-state index in [4.69, 9.17) is 10.00 Å². The first-order valence-corrected chi connectivity index (χ1v) is 8.54. The lowest BCUT2D eigenvalue weighted by Crippen LogP contribution is -2.42. The fourth-order valence-electron chi connectivity index (χ4n) is 3.45. The van der Waals surface area contributed by atoms with Crippen LogP contribution in [-0.2, 0) is 13.1 Å². The van der Waals surface area contributed by atoms with E-state index in [1.165, 1.54) is 25.0 Å². The molecular formula is C18H21N5O. The monoisotopic (exact) mass is 323 g/mol. The van der Waals surface area contributed by atoms with Gasteiger partial charge in [-0.3, -0.25) is 4.90 Å². The maximum atomic E-state index is 8.83. The van der Waals surface area contributed by atoms with E-state index in [9.17, 15) is 0 Å². The summed E-state index contributed by atoms with van der Waals surface area (Å²) in [5.74, 6) is 0.984. The van der Waals surface area contributed by atoms with Gasteiger partial charge in [0, 0.05) is 50.1 Å². The van der Waals surface area contributed by atoms with E-state index in [2.05, 4.69) is 25.5 Å². The fraction of sp³-hybridized carbons (Fsp3) is 0.500. The number of fused-ring (bicyclic) bond motifs is 1. The fourth-order valence-corrected chi connectivity index (χ4v) is 3.45. The van der Waals surface area contributed by atoms with Crippen LogP contribution in [0.15, 0.2) is 30.9 Å². The van der Waals surface area contributed by atoms with Crippen LogP contribution in [0.25, 0.3) is 0 Å². The van der Waals surface area contributed by atoms with Gasteiger partial charge in [-0.1, -0.05) is 6.42 Å². The molecule has 3 heterocycles.